The van der Waals surface area contributed by atoms with Gasteiger partial charge in [0, 0.05) is 23.5 Å². The van der Waals surface area contributed by atoms with Gasteiger partial charge in [-0.3, -0.25) is 9.59 Å². The second-order valence-corrected chi connectivity index (χ2v) is 5.95. The fraction of sp³-hybridized carbons (Fsp3) is 0.235. The van der Waals surface area contributed by atoms with Crippen molar-refractivity contribution in [2.75, 3.05) is 11.5 Å². The molecule has 8 heteroatoms. The molecule has 0 spiro atoms. The minimum absolute atomic E-state index is 0.0225. The Bertz CT molecular complexity index is 944. The molecule has 1 N–H and O–H groups in total. The van der Waals surface area contributed by atoms with Crippen LogP contribution < -0.4 is 4.90 Å². The first-order valence-electron chi connectivity index (χ1n) is 7.56. The molecule has 0 saturated heterocycles. The van der Waals surface area contributed by atoms with E-state index < -0.39 is 17.8 Å². The Labute approximate surface area is 148 Å². The van der Waals surface area contributed by atoms with Gasteiger partial charge < -0.3 is 14.4 Å². The Hall–Kier alpha value is -2.80. The third-order valence-electron chi connectivity index (χ3n) is 3.97. The van der Waals surface area contributed by atoms with Gasteiger partial charge in [-0.1, -0.05) is 11.6 Å². The van der Waals surface area contributed by atoms with Crippen LogP contribution >= 0.6 is 11.6 Å². The molecule has 0 aliphatic carbocycles. The molecule has 2 heterocycles. The van der Waals surface area contributed by atoms with Gasteiger partial charge in [0.2, 0.25) is 5.91 Å². The largest absolute Gasteiger partial charge is 0.497 e. The summed E-state index contributed by atoms with van der Waals surface area (Å²) in [6.07, 6.45) is 1.09. The van der Waals surface area contributed by atoms with E-state index in [0.29, 0.717) is 22.5 Å². The molecule has 7 nitrogen and oxygen atoms in total. The minimum atomic E-state index is -1.25. The van der Waals surface area contributed by atoms with Gasteiger partial charge in [0.05, 0.1) is 24.2 Å². The lowest BCUT2D eigenvalue weighted by atomic mass is 10.1. The van der Waals surface area contributed by atoms with E-state index in [9.17, 15) is 19.5 Å². The van der Waals surface area contributed by atoms with E-state index in [1.54, 1.807) is 32.2 Å². The number of aromatic nitrogens is 1. The zero-order valence-corrected chi connectivity index (χ0v) is 14.3. The number of carboxylic acids is 1. The number of halogens is 1. The van der Waals surface area contributed by atoms with Crippen molar-refractivity contribution in [3.05, 3.63) is 40.8 Å². The average molecular weight is 363 g/mol. The summed E-state index contributed by atoms with van der Waals surface area (Å²) in [6.45, 7) is 2.08. The SMILES string of the molecule is CCOC1=CC(=O)N(c2c(C(=O)O)n(C)c3ccc(Cl)cc23)C(=O)C1. The summed E-state index contributed by atoms with van der Waals surface area (Å²) in [7, 11) is 1.56. The van der Waals surface area contributed by atoms with E-state index in [-0.39, 0.29) is 23.6 Å². The van der Waals surface area contributed by atoms with Crippen molar-refractivity contribution in [1.82, 2.24) is 4.57 Å². The molecule has 2 aromatic rings. The third kappa shape index (κ3) is 2.76. The number of aryl methyl sites for hydroxylation is 1. The van der Waals surface area contributed by atoms with E-state index >= 15 is 0 Å². The number of carboxylic acid groups (broad SMARTS) is 1. The Morgan fingerprint density at radius 2 is 2.08 bits per heavy atom. The lowest BCUT2D eigenvalue weighted by molar-refractivity contribution is -0.125. The van der Waals surface area contributed by atoms with Crippen molar-refractivity contribution in [3.63, 3.8) is 0 Å². The number of nitrogens with zero attached hydrogens (tertiary/aromatic N) is 2. The summed E-state index contributed by atoms with van der Waals surface area (Å²) < 4.78 is 6.67. The van der Waals surface area contributed by atoms with Crippen LogP contribution in [0.2, 0.25) is 5.02 Å². The van der Waals surface area contributed by atoms with E-state index in [2.05, 4.69) is 0 Å². The standard InChI is InChI=1S/C17H15ClN2O5/c1-3-25-10-7-13(21)20(14(22)8-10)15-11-6-9(18)4-5-12(11)19(2)16(15)17(23)24/h4-7H,3,8H2,1-2H3,(H,23,24). The van der Waals surface area contributed by atoms with Crippen LogP contribution in [0.25, 0.3) is 10.9 Å². The second kappa shape index (κ2) is 6.25. The number of fused-ring (bicyclic) bond motifs is 1. The molecule has 1 aromatic heterocycles. The number of rotatable bonds is 4. The number of benzene rings is 1. The maximum Gasteiger partial charge on any atom is 0.354 e. The number of anilines is 1. The highest BCUT2D eigenvalue weighted by molar-refractivity contribution is 6.32. The van der Waals surface area contributed by atoms with Gasteiger partial charge in [0.25, 0.3) is 5.91 Å². The zero-order valence-electron chi connectivity index (χ0n) is 13.6. The topological polar surface area (TPSA) is 88.8 Å². The third-order valence-corrected chi connectivity index (χ3v) is 4.21. The smallest absolute Gasteiger partial charge is 0.354 e. The Morgan fingerprint density at radius 3 is 2.68 bits per heavy atom. The van der Waals surface area contributed by atoms with Gasteiger partial charge in [-0.25, -0.2) is 9.69 Å². The number of carbonyl (C=O) groups is 3. The number of aromatic carboxylic acids is 1. The summed E-state index contributed by atoms with van der Waals surface area (Å²) in [4.78, 5) is 37.7. The van der Waals surface area contributed by atoms with Crippen LogP contribution in [0.1, 0.15) is 23.8 Å². The van der Waals surface area contributed by atoms with Crippen LogP contribution in [-0.4, -0.2) is 34.1 Å². The molecular weight excluding hydrogens is 348 g/mol. The highest BCUT2D eigenvalue weighted by Crippen LogP contribution is 2.37. The first-order valence-corrected chi connectivity index (χ1v) is 7.94. The molecule has 1 aromatic carbocycles. The summed E-state index contributed by atoms with van der Waals surface area (Å²) in [5.74, 6) is -2.17. The number of hydrogen-bond donors (Lipinski definition) is 1. The predicted molar refractivity (Wildman–Crippen MR) is 91.7 cm³/mol. The molecule has 1 aliphatic rings. The monoisotopic (exact) mass is 362 g/mol. The normalized spacial score (nSPS) is 14.8. The first-order chi connectivity index (χ1) is 11.8. The predicted octanol–water partition coefficient (Wildman–Crippen LogP) is 2.71. The van der Waals surface area contributed by atoms with Crippen LogP contribution in [0.3, 0.4) is 0 Å². The van der Waals surface area contributed by atoms with Crippen molar-refractivity contribution in [2.24, 2.45) is 7.05 Å². The second-order valence-electron chi connectivity index (χ2n) is 5.51. The average Bonchev–Trinajstić information content (AvgIpc) is 2.79. The molecule has 3 rings (SSSR count). The van der Waals surface area contributed by atoms with Crippen LogP contribution in [-0.2, 0) is 21.4 Å². The Balaban J connectivity index is 2.26. The Kier molecular flexibility index (Phi) is 4.26. The molecule has 0 saturated carbocycles. The van der Waals surface area contributed by atoms with Crippen LogP contribution in [0, 0.1) is 0 Å². The van der Waals surface area contributed by atoms with E-state index in [4.69, 9.17) is 16.3 Å². The summed E-state index contributed by atoms with van der Waals surface area (Å²) >= 11 is 6.03. The zero-order chi connectivity index (χ0) is 18.3. The fourth-order valence-corrected chi connectivity index (χ4v) is 3.16. The van der Waals surface area contributed by atoms with Crippen molar-refractivity contribution in [1.29, 1.82) is 0 Å². The van der Waals surface area contributed by atoms with Crippen molar-refractivity contribution in [2.45, 2.75) is 13.3 Å². The van der Waals surface area contributed by atoms with Crippen LogP contribution in [0.4, 0.5) is 5.69 Å². The van der Waals surface area contributed by atoms with E-state index in [1.165, 1.54) is 10.6 Å². The van der Waals surface area contributed by atoms with Crippen molar-refractivity contribution in [3.8, 4) is 0 Å². The number of carbonyl (C=O) groups excluding carboxylic acids is 2. The van der Waals surface area contributed by atoms with Gasteiger partial charge in [-0.15, -0.1) is 0 Å². The first kappa shape index (κ1) is 17.0. The van der Waals surface area contributed by atoms with Crippen molar-refractivity contribution < 1.29 is 24.2 Å². The molecule has 2 amide bonds. The summed E-state index contributed by atoms with van der Waals surface area (Å²) in [6, 6.07) is 4.81. The summed E-state index contributed by atoms with van der Waals surface area (Å²) in [5.41, 5.74) is 0.415. The van der Waals surface area contributed by atoms with Gasteiger partial charge in [0.1, 0.15) is 5.76 Å². The van der Waals surface area contributed by atoms with Gasteiger partial charge in [-0.05, 0) is 25.1 Å². The maximum atomic E-state index is 12.6. The van der Waals surface area contributed by atoms with Gasteiger partial charge in [-0.2, -0.15) is 0 Å². The molecule has 0 fully saturated rings. The molecule has 1 aliphatic heterocycles. The summed E-state index contributed by atoms with van der Waals surface area (Å²) in [5, 5.41) is 10.4. The fourth-order valence-electron chi connectivity index (χ4n) is 2.99. The highest BCUT2D eigenvalue weighted by Gasteiger charge is 2.35. The van der Waals surface area contributed by atoms with Crippen LogP contribution in [0.5, 0.6) is 0 Å². The van der Waals surface area contributed by atoms with E-state index in [1.807, 2.05) is 0 Å². The number of hydrogen-bond acceptors (Lipinski definition) is 4. The van der Waals surface area contributed by atoms with Gasteiger partial charge in [0.15, 0.2) is 5.69 Å². The lowest BCUT2D eigenvalue weighted by Crippen LogP contribution is -2.40. The number of ether oxygens (including phenoxy) is 1. The number of amides is 2. The molecule has 0 bridgehead atoms. The molecule has 130 valence electrons. The maximum absolute atomic E-state index is 12.6. The molecular formula is C17H15ClN2O5. The minimum Gasteiger partial charge on any atom is -0.497 e. The van der Waals surface area contributed by atoms with Gasteiger partial charge >= 0.3 is 5.97 Å². The molecule has 25 heavy (non-hydrogen) atoms. The molecule has 0 atom stereocenters. The van der Waals surface area contributed by atoms with Crippen LogP contribution in [0.15, 0.2) is 30.0 Å². The highest BCUT2D eigenvalue weighted by atomic mass is 35.5. The Morgan fingerprint density at radius 1 is 1.36 bits per heavy atom. The molecule has 0 radical (unpaired) electrons. The lowest BCUT2D eigenvalue weighted by Gasteiger charge is -2.24. The number of imide groups is 1. The van der Waals surface area contributed by atoms with Crippen molar-refractivity contribution >= 4 is 46.0 Å². The molecule has 0 unspecified atom stereocenters. The van der Waals surface area contributed by atoms with E-state index in [0.717, 1.165) is 4.90 Å². The quantitative estimate of drug-likeness (QED) is 0.845.